The van der Waals surface area contributed by atoms with Crippen LogP contribution in [-0.4, -0.2) is 32.0 Å². The van der Waals surface area contributed by atoms with Crippen LogP contribution in [0.15, 0.2) is 18.2 Å². The van der Waals surface area contributed by atoms with E-state index in [4.69, 9.17) is 4.74 Å². The fourth-order valence-electron chi connectivity index (χ4n) is 2.65. The van der Waals surface area contributed by atoms with Gasteiger partial charge in [0.05, 0.1) is 24.3 Å². The molecule has 1 aliphatic rings. The van der Waals surface area contributed by atoms with Gasteiger partial charge in [0.2, 0.25) is 0 Å². The van der Waals surface area contributed by atoms with Crippen LogP contribution in [0.5, 0.6) is 0 Å². The summed E-state index contributed by atoms with van der Waals surface area (Å²) in [4.78, 5) is 25.0. The number of methoxy groups -OCH3 is 1. The average Bonchev–Trinajstić information content (AvgIpc) is 2.46. The van der Waals surface area contributed by atoms with E-state index >= 15 is 0 Å². The molecule has 5 heteroatoms. The average molecular weight is 279 g/mol. The summed E-state index contributed by atoms with van der Waals surface area (Å²) in [6.07, 6.45) is 1.31. The smallest absolute Gasteiger partial charge is 0.308 e. The van der Waals surface area contributed by atoms with E-state index in [9.17, 15) is 14.0 Å². The first-order chi connectivity index (χ1) is 9.54. The Labute approximate surface area is 117 Å². The van der Waals surface area contributed by atoms with Crippen molar-refractivity contribution in [3.8, 4) is 0 Å². The topological polar surface area (TPSA) is 46.6 Å². The van der Waals surface area contributed by atoms with Crippen LogP contribution in [0.3, 0.4) is 0 Å². The number of ketones is 1. The molecule has 1 heterocycles. The minimum atomic E-state index is -0.495. The molecule has 1 fully saturated rings. The Morgan fingerprint density at radius 1 is 1.30 bits per heavy atom. The number of ether oxygens (including phenoxy) is 1. The number of carbonyl (C=O) groups excluding carboxylic acids is 2. The lowest BCUT2D eigenvalue weighted by atomic mass is 9.95. The van der Waals surface area contributed by atoms with Crippen LogP contribution >= 0.6 is 0 Å². The number of nitrogens with zero attached hydrogens (tertiary/aromatic N) is 1. The van der Waals surface area contributed by atoms with Gasteiger partial charge in [0.1, 0.15) is 5.82 Å². The molecule has 108 valence electrons. The highest BCUT2D eigenvalue weighted by atomic mass is 19.1. The summed E-state index contributed by atoms with van der Waals surface area (Å²) in [6, 6.07) is 4.64. The molecular formula is C15H18FNO3. The molecule has 0 N–H and O–H groups in total. The maximum Gasteiger partial charge on any atom is 0.308 e. The third kappa shape index (κ3) is 2.81. The van der Waals surface area contributed by atoms with Gasteiger partial charge in [-0.05, 0) is 31.9 Å². The summed E-state index contributed by atoms with van der Waals surface area (Å²) in [5.74, 6) is -1.08. The highest BCUT2D eigenvalue weighted by Gasteiger charge is 2.27. The second-order valence-electron chi connectivity index (χ2n) is 4.97. The van der Waals surface area contributed by atoms with Gasteiger partial charge in [0, 0.05) is 13.1 Å². The monoisotopic (exact) mass is 279 g/mol. The molecule has 1 aromatic carbocycles. The van der Waals surface area contributed by atoms with Gasteiger partial charge in [-0.15, -0.1) is 0 Å². The first-order valence-electron chi connectivity index (χ1n) is 6.66. The summed E-state index contributed by atoms with van der Waals surface area (Å²) in [5.41, 5.74) is 0.741. The number of Topliss-reactive ketones (excluding diaryl/α,β-unsaturated/α-hetero) is 1. The van der Waals surface area contributed by atoms with Gasteiger partial charge in [0.15, 0.2) is 5.78 Å². The number of piperidine rings is 1. The van der Waals surface area contributed by atoms with Gasteiger partial charge < -0.3 is 9.64 Å². The molecule has 1 aromatic rings. The minimum Gasteiger partial charge on any atom is -0.469 e. The van der Waals surface area contributed by atoms with E-state index in [1.807, 2.05) is 4.90 Å². The predicted molar refractivity (Wildman–Crippen MR) is 73.4 cm³/mol. The molecule has 20 heavy (non-hydrogen) atoms. The van der Waals surface area contributed by atoms with Crippen molar-refractivity contribution in [3.05, 3.63) is 29.6 Å². The first-order valence-corrected chi connectivity index (χ1v) is 6.66. The largest absolute Gasteiger partial charge is 0.469 e. The van der Waals surface area contributed by atoms with Crippen LogP contribution in [0.1, 0.15) is 30.1 Å². The molecule has 0 radical (unpaired) electrons. The van der Waals surface area contributed by atoms with E-state index in [1.54, 1.807) is 12.1 Å². The molecule has 0 aliphatic carbocycles. The number of rotatable bonds is 3. The van der Waals surface area contributed by atoms with E-state index in [2.05, 4.69) is 0 Å². The summed E-state index contributed by atoms with van der Waals surface area (Å²) >= 11 is 0. The highest BCUT2D eigenvalue weighted by molar-refractivity contribution is 6.00. The lowest BCUT2D eigenvalue weighted by Gasteiger charge is -2.33. The Kier molecular flexibility index (Phi) is 4.37. The molecule has 0 aromatic heterocycles. The van der Waals surface area contributed by atoms with Gasteiger partial charge in [-0.1, -0.05) is 6.07 Å². The van der Waals surface area contributed by atoms with Gasteiger partial charge in [-0.2, -0.15) is 0 Å². The van der Waals surface area contributed by atoms with E-state index in [0.717, 1.165) is 0 Å². The van der Waals surface area contributed by atoms with Gasteiger partial charge in [-0.25, -0.2) is 4.39 Å². The van der Waals surface area contributed by atoms with Crippen LogP contribution in [0.4, 0.5) is 10.1 Å². The minimum absolute atomic E-state index is 0.106. The van der Waals surface area contributed by atoms with Gasteiger partial charge >= 0.3 is 5.97 Å². The number of esters is 1. The third-order valence-electron chi connectivity index (χ3n) is 3.71. The molecule has 1 aliphatic heterocycles. The SMILES string of the molecule is COC(=O)C1CCN(c2cccc(F)c2C(C)=O)CC1. The Hall–Kier alpha value is -1.91. The predicted octanol–water partition coefficient (Wildman–Crippen LogP) is 2.42. The number of halogens is 1. The molecule has 0 spiro atoms. The van der Waals surface area contributed by atoms with Crippen molar-refractivity contribution in [1.82, 2.24) is 0 Å². The maximum absolute atomic E-state index is 13.8. The zero-order valence-electron chi connectivity index (χ0n) is 11.7. The molecule has 0 saturated carbocycles. The Morgan fingerprint density at radius 3 is 2.50 bits per heavy atom. The maximum atomic E-state index is 13.8. The van der Waals surface area contributed by atoms with E-state index in [1.165, 1.54) is 20.1 Å². The van der Waals surface area contributed by atoms with E-state index in [0.29, 0.717) is 31.6 Å². The van der Waals surface area contributed by atoms with Crippen molar-refractivity contribution < 1.29 is 18.7 Å². The lowest BCUT2D eigenvalue weighted by molar-refractivity contribution is -0.146. The molecule has 1 saturated heterocycles. The number of benzene rings is 1. The summed E-state index contributed by atoms with van der Waals surface area (Å²) in [5, 5.41) is 0. The molecular weight excluding hydrogens is 261 g/mol. The number of anilines is 1. The van der Waals surface area contributed by atoms with Crippen molar-refractivity contribution in [3.63, 3.8) is 0 Å². The molecule has 0 unspecified atom stereocenters. The summed E-state index contributed by atoms with van der Waals surface area (Å²) in [6.45, 7) is 2.59. The van der Waals surface area contributed by atoms with E-state index < -0.39 is 5.82 Å². The molecule has 4 nitrogen and oxygen atoms in total. The van der Waals surface area contributed by atoms with Gasteiger partial charge in [-0.3, -0.25) is 9.59 Å². The number of carbonyl (C=O) groups is 2. The summed E-state index contributed by atoms with van der Waals surface area (Å²) in [7, 11) is 1.38. The Bertz CT molecular complexity index is 522. The standard InChI is InChI=1S/C15H18FNO3/c1-10(18)14-12(16)4-3-5-13(14)17-8-6-11(7-9-17)15(19)20-2/h3-5,11H,6-9H2,1-2H3. The van der Waals surface area contributed by atoms with Crippen LogP contribution < -0.4 is 4.90 Å². The van der Waals surface area contributed by atoms with E-state index in [-0.39, 0.29) is 23.2 Å². The number of hydrogen-bond donors (Lipinski definition) is 0. The Balaban J connectivity index is 2.17. The zero-order chi connectivity index (χ0) is 14.7. The molecule has 0 atom stereocenters. The van der Waals surface area contributed by atoms with Crippen molar-refractivity contribution in [1.29, 1.82) is 0 Å². The molecule has 2 rings (SSSR count). The quantitative estimate of drug-likeness (QED) is 0.629. The van der Waals surface area contributed by atoms with Crippen molar-refractivity contribution in [2.75, 3.05) is 25.1 Å². The van der Waals surface area contributed by atoms with Crippen molar-refractivity contribution >= 4 is 17.4 Å². The van der Waals surface area contributed by atoms with Crippen LogP contribution in [-0.2, 0) is 9.53 Å². The van der Waals surface area contributed by atoms with Gasteiger partial charge in [0.25, 0.3) is 0 Å². The second kappa shape index (κ2) is 6.03. The van der Waals surface area contributed by atoms with Crippen LogP contribution in [0.25, 0.3) is 0 Å². The number of hydrogen-bond acceptors (Lipinski definition) is 4. The first kappa shape index (κ1) is 14.5. The lowest BCUT2D eigenvalue weighted by Crippen LogP contribution is -2.37. The second-order valence-corrected chi connectivity index (χ2v) is 4.97. The normalized spacial score (nSPS) is 16.1. The van der Waals surface area contributed by atoms with Crippen LogP contribution in [0, 0.1) is 11.7 Å². The van der Waals surface area contributed by atoms with Crippen molar-refractivity contribution in [2.45, 2.75) is 19.8 Å². The Morgan fingerprint density at radius 2 is 1.95 bits per heavy atom. The molecule has 0 amide bonds. The zero-order valence-corrected chi connectivity index (χ0v) is 11.7. The molecule has 0 bridgehead atoms. The third-order valence-corrected chi connectivity index (χ3v) is 3.71. The fraction of sp³-hybridized carbons (Fsp3) is 0.467. The summed E-state index contributed by atoms with van der Waals surface area (Å²) < 4.78 is 18.5. The van der Waals surface area contributed by atoms with Crippen molar-refractivity contribution in [2.24, 2.45) is 5.92 Å². The highest BCUT2D eigenvalue weighted by Crippen LogP contribution is 2.28. The van der Waals surface area contributed by atoms with Crippen LogP contribution in [0.2, 0.25) is 0 Å². The fourth-order valence-corrected chi connectivity index (χ4v) is 2.65.